The molecule has 2 heteroatoms. The van der Waals surface area contributed by atoms with E-state index in [4.69, 9.17) is 4.74 Å². The summed E-state index contributed by atoms with van der Waals surface area (Å²) in [5.41, 5.74) is 3.29. The van der Waals surface area contributed by atoms with Crippen molar-refractivity contribution in [3.63, 3.8) is 0 Å². The van der Waals surface area contributed by atoms with Crippen molar-refractivity contribution in [2.24, 2.45) is 0 Å². The third kappa shape index (κ3) is 2.28. The van der Waals surface area contributed by atoms with Gasteiger partial charge < -0.3 is 4.74 Å². The lowest BCUT2D eigenvalue weighted by atomic mass is 9.95. The topological polar surface area (TPSA) is 33.0 Å². The summed E-state index contributed by atoms with van der Waals surface area (Å²) in [4.78, 5) is 0. The van der Waals surface area contributed by atoms with Crippen molar-refractivity contribution >= 4 is 0 Å². The number of ether oxygens (including phenoxy) is 1. The second-order valence-corrected chi connectivity index (χ2v) is 5.23. The van der Waals surface area contributed by atoms with E-state index < -0.39 is 0 Å². The number of nitrogens with zero attached hydrogens (tertiary/aromatic N) is 1. The molecule has 0 amide bonds. The van der Waals surface area contributed by atoms with Crippen LogP contribution in [0.25, 0.3) is 11.1 Å². The summed E-state index contributed by atoms with van der Waals surface area (Å²) >= 11 is 0. The molecule has 0 bridgehead atoms. The van der Waals surface area contributed by atoms with Crippen molar-refractivity contribution in [2.75, 3.05) is 6.61 Å². The van der Waals surface area contributed by atoms with E-state index in [2.05, 4.69) is 42.5 Å². The van der Waals surface area contributed by atoms with Gasteiger partial charge in [0.2, 0.25) is 0 Å². The van der Waals surface area contributed by atoms with Gasteiger partial charge in [0.05, 0.1) is 18.1 Å². The van der Waals surface area contributed by atoms with E-state index in [-0.39, 0.29) is 5.41 Å². The summed E-state index contributed by atoms with van der Waals surface area (Å²) in [7, 11) is 0. The molecule has 0 N–H and O–H groups in total. The Morgan fingerprint density at radius 3 is 2.00 bits per heavy atom. The Bertz CT molecular complexity index is 631. The highest BCUT2D eigenvalue weighted by molar-refractivity contribution is 5.65. The number of rotatable bonds is 4. The molecule has 1 aliphatic carbocycles. The SMILES string of the molecule is CCOc1ccc(-c2ccc(C3(C#N)CC3)cc2)cc1. The fourth-order valence-corrected chi connectivity index (χ4v) is 2.48. The Hall–Kier alpha value is -2.27. The van der Waals surface area contributed by atoms with Crippen LogP contribution >= 0.6 is 0 Å². The van der Waals surface area contributed by atoms with Gasteiger partial charge in [0.25, 0.3) is 0 Å². The Morgan fingerprint density at radius 1 is 1.00 bits per heavy atom. The maximum Gasteiger partial charge on any atom is 0.119 e. The summed E-state index contributed by atoms with van der Waals surface area (Å²) in [6.07, 6.45) is 1.98. The molecule has 2 aromatic rings. The maximum absolute atomic E-state index is 9.21. The second kappa shape index (κ2) is 5.02. The predicted octanol–water partition coefficient (Wildman–Crippen LogP) is 4.31. The zero-order valence-corrected chi connectivity index (χ0v) is 11.6. The average molecular weight is 263 g/mol. The van der Waals surface area contributed by atoms with E-state index in [1.165, 1.54) is 11.1 Å². The molecule has 0 aliphatic heterocycles. The standard InChI is InChI=1S/C18H17NO/c1-2-20-17-9-5-15(6-10-17)14-3-7-16(8-4-14)18(13-19)11-12-18/h3-10H,2,11-12H2,1H3. The first-order valence-corrected chi connectivity index (χ1v) is 7.02. The van der Waals surface area contributed by atoms with Crippen molar-refractivity contribution in [1.82, 2.24) is 0 Å². The highest BCUT2D eigenvalue weighted by Crippen LogP contribution is 2.47. The predicted molar refractivity (Wildman–Crippen MR) is 79.6 cm³/mol. The molecule has 1 aliphatic rings. The molecular weight excluding hydrogens is 246 g/mol. The van der Waals surface area contributed by atoms with E-state index in [1.807, 2.05) is 19.1 Å². The van der Waals surface area contributed by atoms with Crippen molar-refractivity contribution in [2.45, 2.75) is 25.2 Å². The lowest BCUT2D eigenvalue weighted by Crippen LogP contribution is -2.01. The fraction of sp³-hybridized carbons (Fsp3) is 0.278. The Kier molecular flexibility index (Phi) is 3.20. The molecule has 0 radical (unpaired) electrons. The zero-order chi connectivity index (χ0) is 14.0. The minimum Gasteiger partial charge on any atom is -0.494 e. The van der Waals surface area contributed by atoms with Gasteiger partial charge in [-0.3, -0.25) is 0 Å². The molecule has 1 saturated carbocycles. The molecule has 0 heterocycles. The van der Waals surface area contributed by atoms with Gasteiger partial charge in [0, 0.05) is 0 Å². The molecule has 3 rings (SSSR count). The quantitative estimate of drug-likeness (QED) is 0.823. The normalized spacial score (nSPS) is 15.4. The molecule has 0 unspecified atom stereocenters. The summed E-state index contributed by atoms with van der Waals surface area (Å²) in [5.74, 6) is 0.897. The van der Waals surface area contributed by atoms with Crippen LogP contribution in [0.5, 0.6) is 5.75 Å². The lowest BCUT2D eigenvalue weighted by Gasteiger charge is -2.08. The molecule has 2 nitrogen and oxygen atoms in total. The molecule has 2 aromatic carbocycles. The molecule has 100 valence electrons. The van der Waals surface area contributed by atoms with E-state index >= 15 is 0 Å². The largest absolute Gasteiger partial charge is 0.494 e. The van der Waals surface area contributed by atoms with Crippen LogP contribution in [0.2, 0.25) is 0 Å². The number of nitriles is 1. The van der Waals surface area contributed by atoms with Crippen LogP contribution in [0.4, 0.5) is 0 Å². The van der Waals surface area contributed by atoms with E-state index in [1.54, 1.807) is 0 Å². The summed E-state index contributed by atoms with van der Waals surface area (Å²) in [6, 6.07) is 18.9. The highest BCUT2D eigenvalue weighted by Gasteiger charge is 2.44. The van der Waals surface area contributed by atoms with Gasteiger partial charge in [0.15, 0.2) is 0 Å². The summed E-state index contributed by atoms with van der Waals surface area (Å²) in [6.45, 7) is 2.67. The third-order valence-corrected chi connectivity index (χ3v) is 3.90. The Morgan fingerprint density at radius 2 is 1.55 bits per heavy atom. The van der Waals surface area contributed by atoms with Gasteiger partial charge in [-0.2, -0.15) is 5.26 Å². The van der Waals surface area contributed by atoms with Crippen LogP contribution in [-0.2, 0) is 5.41 Å². The first-order valence-electron chi connectivity index (χ1n) is 7.02. The Labute approximate surface area is 119 Å². The molecule has 20 heavy (non-hydrogen) atoms. The van der Waals surface area contributed by atoms with Crippen LogP contribution in [0.15, 0.2) is 48.5 Å². The van der Waals surface area contributed by atoms with Crippen LogP contribution in [0.1, 0.15) is 25.3 Å². The maximum atomic E-state index is 9.21. The van der Waals surface area contributed by atoms with Gasteiger partial charge in [-0.05, 0) is 48.6 Å². The zero-order valence-electron chi connectivity index (χ0n) is 11.6. The number of hydrogen-bond acceptors (Lipinski definition) is 2. The monoisotopic (exact) mass is 263 g/mol. The van der Waals surface area contributed by atoms with Crippen molar-refractivity contribution in [1.29, 1.82) is 5.26 Å². The fourth-order valence-electron chi connectivity index (χ4n) is 2.48. The Balaban J connectivity index is 1.82. The number of benzene rings is 2. The molecule has 0 atom stereocenters. The van der Waals surface area contributed by atoms with Crippen LogP contribution < -0.4 is 4.74 Å². The molecule has 0 aromatic heterocycles. The van der Waals surface area contributed by atoms with Gasteiger partial charge >= 0.3 is 0 Å². The summed E-state index contributed by atoms with van der Waals surface area (Å²) < 4.78 is 5.45. The smallest absolute Gasteiger partial charge is 0.119 e. The van der Waals surface area contributed by atoms with Crippen molar-refractivity contribution in [3.8, 4) is 22.9 Å². The van der Waals surface area contributed by atoms with Crippen molar-refractivity contribution in [3.05, 3.63) is 54.1 Å². The third-order valence-electron chi connectivity index (χ3n) is 3.90. The van der Waals surface area contributed by atoms with Crippen molar-refractivity contribution < 1.29 is 4.74 Å². The van der Waals surface area contributed by atoms with E-state index in [0.29, 0.717) is 6.61 Å². The van der Waals surface area contributed by atoms with Gasteiger partial charge in [-0.15, -0.1) is 0 Å². The average Bonchev–Trinajstić information content (AvgIpc) is 3.30. The minimum atomic E-state index is -0.197. The molecule has 1 fully saturated rings. The van der Waals surface area contributed by atoms with Crippen LogP contribution in [0.3, 0.4) is 0 Å². The number of hydrogen-bond donors (Lipinski definition) is 0. The van der Waals surface area contributed by atoms with Gasteiger partial charge in [-0.1, -0.05) is 36.4 Å². The first kappa shape index (κ1) is 12.7. The van der Waals surface area contributed by atoms with E-state index in [0.717, 1.165) is 24.2 Å². The molecule has 0 saturated heterocycles. The first-order chi connectivity index (χ1) is 9.77. The summed E-state index contributed by atoms with van der Waals surface area (Å²) in [5, 5.41) is 9.21. The van der Waals surface area contributed by atoms with Crippen LogP contribution in [0, 0.1) is 11.3 Å². The lowest BCUT2D eigenvalue weighted by molar-refractivity contribution is 0.340. The second-order valence-electron chi connectivity index (χ2n) is 5.23. The van der Waals surface area contributed by atoms with E-state index in [9.17, 15) is 5.26 Å². The molecular formula is C18H17NO. The van der Waals surface area contributed by atoms with Gasteiger partial charge in [0.1, 0.15) is 5.75 Å². The van der Waals surface area contributed by atoms with Crippen LogP contribution in [-0.4, -0.2) is 6.61 Å². The minimum absolute atomic E-state index is 0.197. The highest BCUT2D eigenvalue weighted by atomic mass is 16.5. The molecule has 0 spiro atoms. The van der Waals surface area contributed by atoms with Gasteiger partial charge in [-0.25, -0.2) is 0 Å².